The first-order valence-corrected chi connectivity index (χ1v) is 9.10. The van der Waals surface area contributed by atoms with Gasteiger partial charge in [0.15, 0.2) is 5.96 Å². The van der Waals surface area contributed by atoms with Crippen LogP contribution in [0.2, 0.25) is 0 Å². The Morgan fingerprint density at radius 2 is 2.24 bits per heavy atom. The first kappa shape index (κ1) is 22.2. The van der Waals surface area contributed by atoms with Gasteiger partial charge in [-0.2, -0.15) is 5.10 Å². The van der Waals surface area contributed by atoms with Crippen molar-refractivity contribution in [2.75, 3.05) is 33.3 Å². The van der Waals surface area contributed by atoms with Crippen molar-refractivity contribution in [3.8, 4) is 0 Å². The van der Waals surface area contributed by atoms with E-state index >= 15 is 0 Å². The average Bonchev–Trinajstić information content (AvgIpc) is 3.19. The highest BCUT2D eigenvalue weighted by Crippen LogP contribution is 2.26. The first-order valence-electron chi connectivity index (χ1n) is 9.10. The first-order chi connectivity index (χ1) is 11.5. The van der Waals surface area contributed by atoms with Crippen molar-refractivity contribution in [2.45, 2.75) is 45.6 Å². The van der Waals surface area contributed by atoms with Crippen LogP contribution in [0.5, 0.6) is 0 Å². The Balaban J connectivity index is 0.00000312. The highest BCUT2D eigenvalue weighted by atomic mass is 127. The third-order valence-electron chi connectivity index (χ3n) is 4.73. The van der Waals surface area contributed by atoms with Gasteiger partial charge in [0.1, 0.15) is 0 Å². The van der Waals surface area contributed by atoms with Crippen molar-refractivity contribution in [3.63, 3.8) is 0 Å². The van der Waals surface area contributed by atoms with Gasteiger partial charge < -0.3 is 15.0 Å². The summed E-state index contributed by atoms with van der Waals surface area (Å²) in [5.74, 6) is 2.08. The Hall–Kier alpha value is -0.830. The number of nitrogens with one attached hydrogen (secondary N) is 1. The minimum absolute atomic E-state index is 0. The quantitative estimate of drug-likeness (QED) is 0.384. The molecular formula is C18H34IN5O. The molecule has 1 saturated heterocycles. The van der Waals surface area contributed by atoms with Crippen molar-refractivity contribution in [2.24, 2.45) is 18.0 Å². The van der Waals surface area contributed by atoms with Crippen LogP contribution in [0.25, 0.3) is 0 Å². The summed E-state index contributed by atoms with van der Waals surface area (Å²) < 4.78 is 7.70. The summed E-state index contributed by atoms with van der Waals surface area (Å²) in [7, 11) is 3.84. The number of aromatic nitrogens is 2. The number of hydrogen-bond acceptors (Lipinski definition) is 3. The Kier molecular flexibility index (Phi) is 9.78. The smallest absolute Gasteiger partial charge is 0.193 e. The zero-order valence-electron chi connectivity index (χ0n) is 16.2. The Labute approximate surface area is 169 Å². The summed E-state index contributed by atoms with van der Waals surface area (Å²) in [4.78, 5) is 6.81. The van der Waals surface area contributed by atoms with Gasteiger partial charge in [0.05, 0.1) is 12.3 Å². The third-order valence-corrected chi connectivity index (χ3v) is 4.73. The number of nitrogens with zero attached hydrogens (tertiary/aromatic N) is 4. The highest BCUT2D eigenvalue weighted by Gasteiger charge is 2.27. The van der Waals surface area contributed by atoms with Crippen molar-refractivity contribution >= 4 is 29.9 Å². The summed E-state index contributed by atoms with van der Waals surface area (Å²) in [6, 6.07) is 0. The lowest BCUT2D eigenvalue weighted by Gasteiger charge is -2.24. The van der Waals surface area contributed by atoms with E-state index in [2.05, 4.69) is 47.3 Å². The Bertz CT molecular complexity index is 531. The van der Waals surface area contributed by atoms with E-state index in [-0.39, 0.29) is 24.0 Å². The van der Waals surface area contributed by atoms with Crippen LogP contribution in [-0.4, -0.2) is 60.0 Å². The number of hydrogen-bond donors (Lipinski definition) is 1. The van der Waals surface area contributed by atoms with Gasteiger partial charge in [0.2, 0.25) is 0 Å². The number of aliphatic imine (C=N–C) groups is 1. The van der Waals surface area contributed by atoms with Crippen molar-refractivity contribution in [1.29, 1.82) is 0 Å². The second-order valence-corrected chi connectivity index (χ2v) is 6.88. The van der Waals surface area contributed by atoms with Crippen molar-refractivity contribution < 1.29 is 4.74 Å². The molecule has 1 aliphatic rings. The molecule has 1 N–H and O–H groups in total. The molecule has 6 nitrogen and oxygen atoms in total. The van der Waals surface area contributed by atoms with Crippen LogP contribution in [0.3, 0.4) is 0 Å². The van der Waals surface area contributed by atoms with Gasteiger partial charge in [0.25, 0.3) is 0 Å². The van der Waals surface area contributed by atoms with E-state index in [0.29, 0.717) is 17.9 Å². The minimum atomic E-state index is 0. The molecule has 1 aromatic rings. The molecule has 1 aromatic heterocycles. The van der Waals surface area contributed by atoms with Crippen LogP contribution in [-0.2, 0) is 11.8 Å². The van der Waals surface area contributed by atoms with E-state index in [1.165, 1.54) is 5.56 Å². The normalized spacial score (nSPS) is 19.2. The number of aryl methyl sites for hydroxylation is 1. The zero-order valence-corrected chi connectivity index (χ0v) is 18.6. The monoisotopic (exact) mass is 463 g/mol. The molecule has 0 bridgehead atoms. The largest absolute Gasteiger partial charge is 0.378 e. The van der Waals surface area contributed by atoms with Crippen LogP contribution in [0.4, 0.5) is 0 Å². The van der Waals surface area contributed by atoms with Crippen LogP contribution < -0.4 is 5.32 Å². The summed E-state index contributed by atoms with van der Waals surface area (Å²) in [5, 5.41) is 7.80. The summed E-state index contributed by atoms with van der Waals surface area (Å²) in [6.07, 6.45) is 6.58. The fraction of sp³-hybridized carbons (Fsp3) is 0.778. The lowest BCUT2D eigenvalue weighted by molar-refractivity contribution is 0.0257. The number of likely N-dealkylation sites (tertiary alicyclic amines) is 1. The summed E-state index contributed by atoms with van der Waals surface area (Å²) >= 11 is 0. The Morgan fingerprint density at radius 3 is 2.80 bits per heavy atom. The lowest BCUT2D eigenvalue weighted by atomic mass is 10.0. The average molecular weight is 463 g/mol. The van der Waals surface area contributed by atoms with Gasteiger partial charge in [0, 0.05) is 52.5 Å². The van der Waals surface area contributed by atoms with Crippen LogP contribution in [0.1, 0.15) is 45.1 Å². The second kappa shape index (κ2) is 11.0. The van der Waals surface area contributed by atoms with E-state index in [4.69, 9.17) is 4.74 Å². The van der Waals surface area contributed by atoms with Gasteiger partial charge in [-0.25, -0.2) is 0 Å². The molecule has 0 aromatic carbocycles. The molecule has 1 fully saturated rings. The van der Waals surface area contributed by atoms with E-state index in [0.717, 1.165) is 45.0 Å². The van der Waals surface area contributed by atoms with Gasteiger partial charge in [-0.1, -0.05) is 13.8 Å². The maximum atomic E-state index is 5.82. The molecule has 144 valence electrons. The molecule has 2 heterocycles. The molecule has 7 heteroatoms. The van der Waals surface area contributed by atoms with Crippen LogP contribution in [0.15, 0.2) is 17.4 Å². The topological polar surface area (TPSA) is 54.7 Å². The van der Waals surface area contributed by atoms with Crippen molar-refractivity contribution in [3.05, 3.63) is 18.0 Å². The van der Waals surface area contributed by atoms with Crippen molar-refractivity contribution in [1.82, 2.24) is 20.0 Å². The molecule has 2 rings (SSSR count). The Morgan fingerprint density at radius 1 is 1.48 bits per heavy atom. The fourth-order valence-corrected chi connectivity index (χ4v) is 3.36. The van der Waals surface area contributed by atoms with Gasteiger partial charge in [-0.05, 0) is 31.2 Å². The highest BCUT2D eigenvalue weighted by molar-refractivity contribution is 14.0. The molecule has 2 unspecified atom stereocenters. The second-order valence-electron chi connectivity index (χ2n) is 6.88. The number of ether oxygens (including phenoxy) is 1. The predicted octanol–water partition coefficient (Wildman–Crippen LogP) is 2.85. The van der Waals surface area contributed by atoms with E-state index in [1.807, 2.05) is 25.0 Å². The number of rotatable bonds is 7. The SMILES string of the molecule is CCOC(CCNC(=NC)N1CCC(c2cnn(C)c2)C1)C(C)C.I. The molecule has 0 aliphatic carbocycles. The number of guanidine groups is 1. The molecule has 1 aliphatic heterocycles. The van der Waals surface area contributed by atoms with E-state index < -0.39 is 0 Å². The standard InChI is InChI=1S/C18H33N5O.HI/c1-6-24-17(14(2)3)7-9-20-18(19-4)23-10-8-15(13-23)16-11-21-22(5)12-16;/h11-12,14-15,17H,6-10,13H2,1-5H3,(H,19,20);1H. The minimum Gasteiger partial charge on any atom is -0.378 e. The zero-order chi connectivity index (χ0) is 17.5. The molecule has 0 saturated carbocycles. The molecule has 0 radical (unpaired) electrons. The number of halogens is 1. The fourth-order valence-electron chi connectivity index (χ4n) is 3.36. The maximum Gasteiger partial charge on any atom is 0.193 e. The lowest BCUT2D eigenvalue weighted by Crippen LogP contribution is -2.41. The summed E-state index contributed by atoms with van der Waals surface area (Å²) in [6.45, 7) is 10.2. The molecule has 2 atom stereocenters. The van der Waals surface area contributed by atoms with Gasteiger partial charge in [-0.3, -0.25) is 9.67 Å². The van der Waals surface area contributed by atoms with Gasteiger partial charge >= 0.3 is 0 Å². The van der Waals surface area contributed by atoms with E-state index in [1.54, 1.807) is 0 Å². The summed E-state index contributed by atoms with van der Waals surface area (Å²) in [5.41, 5.74) is 1.33. The third kappa shape index (κ3) is 6.44. The molecule has 0 spiro atoms. The van der Waals surface area contributed by atoms with Crippen LogP contribution in [0, 0.1) is 5.92 Å². The molecular weight excluding hydrogens is 429 g/mol. The molecule has 25 heavy (non-hydrogen) atoms. The maximum absolute atomic E-state index is 5.82. The predicted molar refractivity (Wildman–Crippen MR) is 114 cm³/mol. The van der Waals surface area contributed by atoms with Gasteiger partial charge in [-0.15, -0.1) is 24.0 Å². The molecule has 0 amide bonds. The van der Waals surface area contributed by atoms with E-state index in [9.17, 15) is 0 Å². The van der Waals surface area contributed by atoms with Crippen LogP contribution >= 0.6 is 24.0 Å².